The first-order chi connectivity index (χ1) is 8.59. The van der Waals surface area contributed by atoms with Gasteiger partial charge in [0.15, 0.2) is 0 Å². The third kappa shape index (κ3) is 3.35. The van der Waals surface area contributed by atoms with E-state index in [0.717, 1.165) is 6.54 Å². The van der Waals surface area contributed by atoms with Gasteiger partial charge in [0.05, 0.1) is 0 Å². The lowest BCUT2D eigenvalue weighted by Crippen LogP contribution is -2.37. The highest BCUT2D eigenvalue weighted by Crippen LogP contribution is 2.34. The molecule has 0 aliphatic carbocycles. The quantitative estimate of drug-likeness (QED) is 0.755. The van der Waals surface area contributed by atoms with Crippen LogP contribution in [0.3, 0.4) is 0 Å². The van der Waals surface area contributed by atoms with Crippen molar-refractivity contribution in [1.82, 2.24) is 5.32 Å². The summed E-state index contributed by atoms with van der Waals surface area (Å²) in [7, 11) is 2.07. The number of hydrogen-bond acceptors (Lipinski definition) is 1. The summed E-state index contributed by atoms with van der Waals surface area (Å²) in [5.41, 5.74) is 4.64. The SMILES string of the molecule is CCCC(CCC)(CNC)c1ccc(C)c(C)c1. The van der Waals surface area contributed by atoms with E-state index in [0.29, 0.717) is 5.41 Å². The van der Waals surface area contributed by atoms with Gasteiger partial charge in [0.25, 0.3) is 0 Å². The Morgan fingerprint density at radius 2 is 1.61 bits per heavy atom. The molecule has 1 nitrogen and oxygen atoms in total. The lowest BCUT2D eigenvalue weighted by Gasteiger charge is -2.34. The third-order valence-corrected chi connectivity index (χ3v) is 4.09. The number of rotatable bonds is 7. The van der Waals surface area contributed by atoms with Crippen molar-refractivity contribution in [3.63, 3.8) is 0 Å². The molecule has 0 aliphatic rings. The molecule has 0 aromatic heterocycles. The van der Waals surface area contributed by atoms with Gasteiger partial charge in [0.1, 0.15) is 0 Å². The summed E-state index contributed by atoms with van der Waals surface area (Å²) in [6.45, 7) is 10.1. The maximum absolute atomic E-state index is 3.41. The molecule has 0 bridgehead atoms. The number of nitrogens with one attached hydrogen (secondary N) is 1. The molecule has 1 heteroatoms. The number of benzene rings is 1. The molecule has 0 aliphatic heterocycles. The molecular weight excluding hydrogens is 218 g/mol. The molecule has 0 fully saturated rings. The van der Waals surface area contributed by atoms with E-state index in [1.807, 2.05) is 0 Å². The highest BCUT2D eigenvalue weighted by Gasteiger charge is 2.29. The monoisotopic (exact) mass is 247 g/mol. The highest BCUT2D eigenvalue weighted by atomic mass is 14.8. The Hall–Kier alpha value is -0.820. The van der Waals surface area contributed by atoms with Gasteiger partial charge < -0.3 is 5.32 Å². The fourth-order valence-corrected chi connectivity index (χ4v) is 3.06. The van der Waals surface area contributed by atoms with E-state index in [4.69, 9.17) is 0 Å². The first kappa shape index (κ1) is 15.2. The fraction of sp³-hybridized carbons (Fsp3) is 0.647. The standard InChI is InChI=1S/C17H29N/c1-6-10-17(11-7-2,13-18-5)16-9-8-14(3)15(4)12-16/h8-9,12,18H,6-7,10-11,13H2,1-5H3. The zero-order valence-corrected chi connectivity index (χ0v) is 12.8. The molecule has 0 radical (unpaired) electrons. The molecule has 0 saturated carbocycles. The van der Waals surface area contributed by atoms with Crippen molar-refractivity contribution in [3.8, 4) is 0 Å². The molecule has 0 heterocycles. The molecule has 18 heavy (non-hydrogen) atoms. The summed E-state index contributed by atoms with van der Waals surface area (Å²) in [5, 5.41) is 3.41. The first-order valence-corrected chi connectivity index (χ1v) is 7.32. The average Bonchev–Trinajstić information content (AvgIpc) is 2.33. The lowest BCUT2D eigenvalue weighted by atomic mass is 9.72. The molecular formula is C17H29N. The van der Waals surface area contributed by atoms with Gasteiger partial charge in [-0.15, -0.1) is 0 Å². The molecule has 0 saturated heterocycles. The van der Waals surface area contributed by atoms with Gasteiger partial charge in [-0.25, -0.2) is 0 Å². The minimum atomic E-state index is 0.316. The van der Waals surface area contributed by atoms with Crippen molar-refractivity contribution in [3.05, 3.63) is 34.9 Å². The van der Waals surface area contributed by atoms with Crippen LogP contribution >= 0.6 is 0 Å². The Bertz CT molecular complexity index is 351. The van der Waals surface area contributed by atoms with E-state index in [1.165, 1.54) is 42.4 Å². The predicted molar refractivity (Wildman–Crippen MR) is 81.3 cm³/mol. The van der Waals surface area contributed by atoms with E-state index in [2.05, 4.69) is 58.3 Å². The Labute approximate surface area is 113 Å². The zero-order chi connectivity index (χ0) is 13.6. The van der Waals surface area contributed by atoms with Gasteiger partial charge in [-0.1, -0.05) is 44.9 Å². The Balaban J connectivity index is 3.16. The molecule has 1 rings (SSSR count). The topological polar surface area (TPSA) is 12.0 Å². The molecule has 1 N–H and O–H groups in total. The maximum atomic E-state index is 3.41. The first-order valence-electron chi connectivity index (χ1n) is 7.32. The molecule has 1 aromatic rings. The summed E-state index contributed by atoms with van der Waals surface area (Å²) in [6.07, 6.45) is 5.03. The van der Waals surface area contributed by atoms with Crippen molar-refractivity contribution in [2.24, 2.45) is 0 Å². The summed E-state index contributed by atoms with van der Waals surface area (Å²) < 4.78 is 0. The van der Waals surface area contributed by atoms with Crippen molar-refractivity contribution >= 4 is 0 Å². The van der Waals surface area contributed by atoms with Gasteiger partial charge in [-0.2, -0.15) is 0 Å². The molecule has 102 valence electrons. The number of aryl methyl sites for hydroxylation is 2. The summed E-state index contributed by atoms with van der Waals surface area (Å²) >= 11 is 0. The molecule has 0 unspecified atom stereocenters. The van der Waals surface area contributed by atoms with Crippen LogP contribution in [-0.4, -0.2) is 13.6 Å². The second-order valence-electron chi connectivity index (χ2n) is 5.61. The highest BCUT2D eigenvalue weighted by molar-refractivity contribution is 5.35. The van der Waals surface area contributed by atoms with Gasteiger partial charge in [-0.3, -0.25) is 0 Å². The van der Waals surface area contributed by atoms with Crippen LogP contribution in [0.15, 0.2) is 18.2 Å². The molecule has 0 amide bonds. The van der Waals surface area contributed by atoms with Crippen molar-refractivity contribution in [1.29, 1.82) is 0 Å². The molecule has 0 spiro atoms. The van der Waals surface area contributed by atoms with E-state index in [9.17, 15) is 0 Å². The summed E-state index contributed by atoms with van der Waals surface area (Å²) in [5.74, 6) is 0. The minimum Gasteiger partial charge on any atom is -0.319 e. The van der Waals surface area contributed by atoms with Gasteiger partial charge in [-0.05, 0) is 50.4 Å². The number of hydrogen-bond donors (Lipinski definition) is 1. The minimum absolute atomic E-state index is 0.316. The summed E-state index contributed by atoms with van der Waals surface area (Å²) in [6, 6.07) is 7.02. The van der Waals surface area contributed by atoms with Crippen molar-refractivity contribution in [2.75, 3.05) is 13.6 Å². The predicted octanol–water partition coefficient (Wildman–Crippen LogP) is 4.36. The van der Waals surface area contributed by atoms with Gasteiger partial charge >= 0.3 is 0 Å². The van der Waals surface area contributed by atoms with Crippen LogP contribution in [0, 0.1) is 13.8 Å². The lowest BCUT2D eigenvalue weighted by molar-refractivity contribution is 0.344. The Morgan fingerprint density at radius 3 is 2.06 bits per heavy atom. The second-order valence-corrected chi connectivity index (χ2v) is 5.61. The third-order valence-electron chi connectivity index (χ3n) is 4.09. The maximum Gasteiger partial charge on any atom is 0.00775 e. The van der Waals surface area contributed by atoms with Crippen LogP contribution in [0.2, 0.25) is 0 Å². The normalized spacial score (nSPS) is 11.8. The second kappa shape index (κ2) is 6.94. The van der Waals surface area contributed by atoms with Crippen molar-refractivity contribution in [2.45, 2.75) is 58.8 Å². The molecule has 0 atom stereocenters. The van der Waals surface area contributed by atoms with E-state index in [1.54, 1.807) is 0 Å². The number of likely N-dealkylation sites (N-methyl/N-ethyl adjacent to an activating group) is 1. The van der Waals surface area contributed by atoms with E-state index >= 15 is 0 Å². The van der Waals surface area contributed by atoms with Gasteiger partial charge in [0.2, 0.25) is 0 Å². The summed E-state index contributed by atoms with van der Waals surface area (Å²) in [4.78, 5) is 0. The largest absolute Gasteiger partial charge is 0.319 e. The van der Waals surface area contributed by atoms with Crippen LogP contribution in [0.5, 0.6) is 0 Å². The van der Waals surface area contributed by atoms with Crippen LogP contribution in [-0.2, 0) is 5.41 Å². The molecule has 1 aromatic carbocycles. The van der Waals surface area contributed by atoms with E-state index < -0.39 is 0 Å². The fourth-order valence-electron chi connectivity index (χ4n) is 3.06. The Morgan fingerprint density at radius 1 is 1.00 bits per heavy atom. The zero-order valence-electron chi connectivity index (χ0n) is 12.8. The Kier molecular flexibility index (Phi) is 5.87. The average molecular weight is 247 g/mol. The smallest absolute Gasteiger partial charge is 0.00775 e. The van der Waals surface area contributed by atoms with Crippen LogP contribution in [0.1, 0.15) is 56.2 Å². The van der Waals surface area contributed by atoms with Crippen LogP contribution in [0.25, 0.3) is 0 Å². The van der Waals surface area contributed by atoms with Crippen LogP contribution in [0.4, 0.5) is 0 Å². The van der Waals surface area contributed by atoms with Gasteiger partial charge in [0, 0.05) is 12.0 Å². The van der Waals surface area contributed by atoms with Crippen LogP contribution < -0.4 is 5.32 Å². The van der Waals surface area contributed by atoms with E-state index in [-0.39, 0.29) is 0 Å². The van der Waals surface area contributed by atoms with Crippen molar-refractivity contribution < 1.29 is 0 Å².